The van der Waals surface area contributed by atoms with Crippen molar-refractivity contribution < 1.29 is 14.4 Å². The fraction of sp³-hybridized carbons (Fsp3) is 0.118. The van der Waals surface area contributed by atoms with E-state index in [0.29, 0.717) is 5.57 Å². The fourth-order valence-corrected chi connectivity index (χ4v) is 2.47. The van der Waals surface area contributed by atoms with Crippen molar-refractivity contribution in [1.82, 2.24) is 9.80 Å². The van der Waals surface area contributed by atoms with Crippen LogP contribution in [0.4, 0.5) is 4.79 Å². The molecule has 0 radical (unpaired) electrons. The summed E-state index contributed by atoms with van der Waals surface area (Å²) in [5.74, 6) is -1.16. The first-order valence-electron chi connectivity index (χ1n) is 6.80. The number of nitrogens with zero attached hydrogens (tertiary/aromatic N) is 2. The molecule has 0 aromatic heterocycles. The number of likely N-dealkylation sites (N-methyl/N-ethyl adjacent to an activating group) is 2. The summed E-state index contributed by atoms with van der Waals surface area (Å²) in [6, 6.07) is 7.13. The van der Waals surface area contributed by atoms with Crippen molar-refractivity contribution in [2.45, 2.75) is 0 Å². The van der Waals surface area contributed by atoms with Crippen molar-refractivity contribution >= 4 is 30.0 Å². The predicted octanol–water partition coefficient (Wildman–Crippen LogP) is 2.07. The SMILES string of the molecule is CN1C(=O)C(=C2C=Cc3ccccc3C=C2)C(=O)N(C)C1=O. The van der Waals surface area contributed by atoms with Crippen LogP contribution in [-0.2, 0) is 9.59 Å². The van der Waals surface area contributed by atoms with Crippen LogP contribution in [0.2, 0.25) is 0 Å². The molecule has 0 unspecified atom stereocenters. The molecule has 1 saturated heterocycles. The molecule has 1 aliphatic carbocycles. The van der Waals surface area contributed by atoms with Crippen molar-refractivity contribution in [1.29, 1.82) is 0 Å². The van der Waals surface area contributed by atoms with Gasteiger partial charge >= 0.3 is 6.03 Å². The highest BCUT2D eigenvalue weighted by Gasteiger charge is 2.39. The van der Waals surface area contributed by atoms with Gasteiger partial charge in [0.15, 0.2) is 0 Å². The van der Waals surface area contributed by atoms with E-state index >= 15 is 0 Å². The quantitative estimate of drug-likeness (QED) is 0.543. The molecule has 0 atom stereocenters. The first kappa shape index (κ1) is 14.0. The molecule has 22 heavy (non-hydrogen) atoms. The Morgan fingerprint density at radius 2 is 1.18 bits per heavy atom. The van der Waals surface area contributed by atoms with Gasteiger partial charge in [-0.15, -0.1) is 0 Å². The molecule has 1 aliphatic heterocycles. The van der Waals surface area contributed by atoms with Crippen molar-refractivity contribution in [3.63, 3.8) is 0 Å². The van der Waals surface area contributed by atoms with Crippen LogP contribution in [0.3, 0.4) is 0 Å². The second-order valence-electron chi connectivity index (χ2n) is 5.14. The number of fused-ring (bicyclic) bond motifs is 1. The zero-order valence-electron chi connectivity index (χ0n) is 12.2. The van der Waals surface area contributed by atoms with E-state index in [4.69, 9.17) is 0 Å². The number of hydrogen-bond acceptors (Lipinski definition) is 3. The van der Waals surface area contributed by atoms with Gasteiger partial charge in [-0.25, -0.2) is 4.79 Å². The van der Waals surface area contributed by atoms with E-state index in [1.54, 1.807) is 12.2 Å². The van der Waals surface area contributed by atoms with E-state index in [1.165, 1.54) is 14.1 Å². The van der Waals surface area contributed by atoms with Crippen LogP contribution >= 0.6 is 0 Å². The Hall–Kier alpha value is -2.95. The Morgan fingerprint density at radius 1 is 0.727 bits per heavy atom. The van der Waals surface area contributed by atoms with Crippen LogP contribution in [0.5, 0.6) is 0 Å². The predicted molar refractivity (Wildman–Crippen MR) is 82.5 cm³/mol. The minimum absolute atomic E-state index is 0.00454. The minimum atomic E-state index is -0.621. The molecule has 0 spiro atoms. The molecule has 0 saturated carbocycles. The van der Waals surface area contributed by atoms with Gasteiger partial charge in [0, 0.05) is 14.1 Å². The third-order valence-electron chi connectivity index (χ3n) is 3.78. The van der Waals surface area contributed by atoms with Gasteiger partial charge in [0.1, 0.15) is 5.57 Å². The molecule has 5 heteroatoms. The number of benzene rings is 1. The summed E-state index contributed by atoms with van der Waals surface area (Å²) >= 11 is 0. The summed E-state index contributed by atoms with van der Waals surface area (Å²) in [6.45, 7) is 0. The smallest absolute Gasteiger partial charge is 0.268 e. The van der Waals surface area contributed by atoms with E-state index in [9.17, 15) is 14.4 Å². The Balaban J connectivity index is 2.13. The maximum Gasteiger partial charge on any atom is 0.333 e. The molecule has 0 N–H and O–H groups in total. The van der Waals surface area contributed by atoms with Crippen molar-refractivity contribution in [2.75, 3.05) is 14.1 Å². The standard InChI is InChI=1S/C17H14N2O3/c1-18-15(20)14(16(21)19(2)17(18)22)13-9-7-11-5-3-4-6-12(11)8-10-13/h3-10H,1-2H3. The minimum Gasteiger partial charge on any atom is -0.268 e. The summed E-state index contributed by atoms with van der Waals surface area (Å²) < 4.78 is 0. The first-order valence-corrected chi connectivity index (χ1v) is 6.80. The van der Waals surface area contributed by atoms with Crippen LogP contribution in [-0.4, -0.2) is 41.7 Å². The van der Waals surface area contributed by atoms with Gasteiger partial charge in [-0.2, -0.15) is 0 Å². The van der Waals surface area contributed by atoms with E-state index in [-0.39, 0.29) is 5.57 Å². The highest BCUT2D eigenvalue weighted by molar-refractivity contribution is 6.29. The Labute approximate surface area is 127 Å². The van der Waals surface area contributed by atoms with Gasteiger partial charge in [-0.1, -0.05) is 48.6 Å². The number of hydrogen-bond donors (Lipinski definition) is 0. The number of carbonyl (C=O) groups excluding carboxylic acids is 3. The summed E-state index contributed by atoms with van der Waals surface area (Å²) in [5.41, 5.74) is 2.51. The number of barbiturate groups is 1. The van der Waals surface area contributed by atoms with Crippen LogP contribution in [0.25, 0.3) is 12.2 Å². The van der Waals surface area contributed by atoms with Crippen LogP contribution < -0.4 is 0 Å². The Kier molecular flexibility index (Phi) is 3.25. The van der Waals surface area contributed by atoms with Crippen LogP contribution in [0.15, 0.2) is 47.6 Å². The molecule has 1 aromatic carbocycles. The number of carbonyl (C=O) groups is 3. The highest BCUT2D eigenvalue weighted by Crippen LogP contribution is 2.24. The number of amides is 4. The lowest BCUT2D eigenvalue weighted by Gasteiger charge is -2.29. The maximum atomic E-state index is 12.3. The molecule has 3 rings (SSSR count). The third-order valence-corrected chi connectivity index (χ3v) is 3.78. The molecule has 1 aromatic rings. The molecule has 4 amide bonds. The van der Waals surface area contributed by atoms with Gasteiger partial charge in [0.2, 0.25) is 0 Å². The fourth-order valence-electron chi connectivity index (χ4n) is 2.47. The largest absolute Gasteiger partial charge is 0.333 e. The zero-order chi connectivity index (χ0) is 15.9. The second-order valence-corrected chi connectivity index (χ2v) is 5.14. The summed E-state index contributed by atoms with van der Waals surface area (Å²) in [7, 11) is 2.74. The topological polar surface area (TPSA) is 57.7 Å². The average molecular weight is 294 g/mol. The summed E-state index contributed by atoms with van der Waals surface area (Å²) in [6.07, 6.45) is 7.17. The summed E-state index contributed by atoms with van der Waals surface area (Å²) in [5, 5.41) is 0. The number of urea groups is 1. The lowest BCUT2D eigenvalue weighted by Crippen LogP contribution is -2.53. The van der Waals surface area contributed by atoms with Crippen LogP contribution in [0.1, 0.15) is 11.1 Å². The molecule has 5 nitrogen and oxygen atoms in total. The van der Waals surface area contributed by atoms with E-state index < -0.39 is 17.8 Å². The number of allylic oxidation sites excluding steroid dienone is 3. The maximum absolute atomic E-state index is 12.3. The molecule has 1 heterocycles. The molecule has 110 valence electrons. The van der Waals surface area contributed by atoms with Crippen molar-refractivity contribution in [3.05, 3.63) is 58.7 Å². The van der Waals surface area contributed by atoms with E-state index in [1.807, 2.05) is 36.4 Å². The van der Waals surface area contributed by atoms with Crippen LogP contribution in [0, 0.1) is 0 Å². The normalized spacial score (nSPS) is 18.0. The third kappa shape index (κ3) is 2.07. The van der Waals surface area contributed by atoms with E-state index in [0.717, 1.165) is 20.9 Å². The van der Waals surface area contributed by atoms with E-state index in [2.05, 4.69) is 0 Å². The van der Waals surface area contributed by atoms with Gasteiger partial charge in [-0.3, -0.25) is 19.4 Å². The zero-order valence-corrected chi connectivity index (χ0v) is 12.2. The van der Waals surface area contributed by atoms with Crippen molar-refractivity contribution in [2.24, 2.45) is 0 Å². The number of rotatable bonds is 0. The van der Waals surface area contributed by atoms with Gasteiger partial charge in [0.05, 0.1) is 0 Å². The monoisotopic (exact) mass is 294 g/mol. The Bertz CT molecular complexity index is 726. The molecular weight excluding hydrogens is 280 g/mol. The van der Waals surface area contributed by atoms with Gasteiger partial charge in [-0.05, 0) is 16.7 Å². The average Bonchev–Trinajstić information content (AvgIpc) is 2.74. The number of imide groups is 2. The van der Waals surface area contributed by atoms with Gasteiger partial charge in [0.25, 0.3) is 11.8 Å². The Morgan fingerprint density at radius 3 is 1.64 bits per heavy atom. The molecule has 0 bridgehead atoms. The molecule has 1 fully saturated rings. The lowest BCUT2D eigenvalue weighted by atomic mass is 10.0. The first-order chi connectivity index (χ1) is 10.5. The second kappa shape index (κ2) is 5.11. The lowest BCUT2D eigenvalue weighted by molar-refractivity contribution is -0.134. The highest BCUT2D eigenvalue weighted by atomic mass is 16.2. The molecular formula is C17H14N2O3. The van der Waals surface area contributed by atoms with Gasteiger partial charge < -0.3 is 0 Å². The summed E-state index contributed by atoms with van der Waals surface area (Å²) in [4.78, 5) is 38.3. The molecule has 2 aliphatic rings. The van der Waals surface area contributed by atoms with Crippen molar-refractivity contribution in [3.8, 4) is 0 Å².